The van der Waals surface area contributed by atoms with Gasteiger partial charge in [0.25, 0.3) is 10.0 Å². The van der Waals surface area contributed by atoms with Crippen LogP contribution in [0.3, 0.4) is 0 Å². The zero-order valence-corrected chi connectivity index (χ0v) is 13.5. The summed E-state index contributed by atoms with van der Waals surface area (Å²) in [6.45, 7) is 9.43. The van der Waals surface area contributed by atoms with E-state index in [1.807, 2.05) is 27.7 Å². The van der Waals surface area contributed by atoms with Crippen molar-refractivity contribution in [3.8, 4) is 0 Å². The topological polar surface area (TPSA) is 71.1 Å². The van der Waals surface area contributed by atoms with Crippen LogP contribution in [-0.2, 0) is 16.6 Å². The minimum Gasteiger partial charge on any atom is -0.313 e. The summed E-state index contributed by atoms with van der Waals surface area (Å²) >= 11 is 0. The molecule has 1 rings (SSSR count). The van der Waals surface area contributed by atoms with Crippen LogP contribution in [0.4, 0.5) is 0 Å². The molecule has 1 aromatic rings. The van der Waals surface area contributed by atoms with E-state index in [1.54, 1.807) is 18.3 Å². The third kappa shape index (κ3) is 4.54. The Morgan fingerprint density at radius 1 is 1.20 bits per heavy atom. The van der Waals surface area contributed by atoms with E-state index in [0.29, 0.717) is 6.54 Å². The van der Waals surface area contributed by atoms with Crippen LogP contribution in [0.1, 0.15) is 46.1 Å². The van der Waals surface area contributed by atoms with Gasteiger partial charge in [-0.15, -0.1) is 0 Å². The fourth-order valence-corrected chi connectivity index (χ4v) is 3.20. The maximum Gasteiger partial charge on any atom is 0.258 e. The van der Waals surface area contributed by atoms with E-state index in [-0.39, 0.29) is 5.03 Å². The van der Waals surface area contributed by atoms with E-state index in [9.17, 15) is 8.42 Å². The predicted molar refractivity (Wildman–Crippen MR) is 80.9 cm³/mol. The van der Waals surface area contributed by atoms with Crippen LogP contribution >= 0.6 is 0 Å². The second-order valence-corrected chi connectivity index (χ2v) is 6.79. The highest BCUT2D eigenvalue weighted by Gasteiger charge is 2.28. The van der Waals surface area contributed by atoms with E-state index in [4.69, 9.17) is 0 Å². The summed E-state index contributed by atoms with van der Waals surface area (Å²) in [6.07, 6.45) is 3.08. The van der Waals surface area contributed by atoms with Crippen LogP contribution < -0.4 is 10.0 Å². The molecule has 0 fully saturated rings. The lowest BCUT2D eigenvalue weighted by Crippen LogP contribution is -2.45. The first-order valence-electron chi connectivity index (χ1n) is 7.06. The maximum absolute atomic E-state index is 12.3. The third-order valence-electron chi connectivity index (χ3n) is 3.59. The molecule has 0 bridgehead atoms. The molecule has 0 saturated carbocycles. The van der Waals surface area contributed by atoms with Gasteiger partial charge in [-0.05, 0) is 37.9 Å². The average Bonchev–Trinajstić information content (AvgIpc) is 2.45. The van der Waals surface area contributed by atoms with Crippen molar-refractivity contribution in [2.45, 2.75) is 57.6 Å². The molecular weight excluding hydrogens is 274 g/mol. The monoisotopic (exact) mass is 299 g/mol. The Labute approximate surface area is 122 Å². The fraction of sp³-hybridized carbons (Fsp3) is 0.643. The molecule has 1 aromatic heterocycles. The molecule has 0 aromatic carbocycles. The molecule has 20 heavy (non-hydrogen) atoms. The van der Waals surface area contributed by atoms with Crippen molar-refractivity contribution in [2.24, 2.45) is 0 Å². The second kappa shape index (κ2) is 7.15. The van der Waals surface area contributed by atoms with E-state index >= 15 is 0 Å². The Hall–Kier alpha value is -0.980. The number of aromatic nitrogens is 1. The molecule has 5 nitrogen and oxygen atoms in total. The highest BCUT2D eigenvalue weighted by atomic mass is 32.2. The van der Waals surface area contributed by atoms with Crippen molar-refractivity contribution in [3.05, 3.63) is 23.9 Å². The normalized spacial score (nSPS) is 12.6. The molecule has 2 N–H and O–H groups in total. The smallest absolute Gasteiger partial charge is 0.258 e. The summed E-state index contributed by atoms with van der Waals surface area (Å²) in [4.78, 5) is 4.07. The number of nitrogens with zero attached hydrogens (tertiary/aromatic N) is 1. The molecule has 0 radical (unpaired) electrons. The fourth-order valence-electron chi connectivity index (χ4n) is 1.71. The first-order chi connectivity index (χ1) is 9.37. The molecule has 0 aliphatic heterocycles. The number of hydrogen-bond donors (Lipinski definition) is 2. The van der Waals surface area contributed by atoms with Gasteiger partial charge >= 0.3 is 0 Å². The van der Waals surface area contributed by atoms with Crippen LogP contribution in [-0.4, -0.2) is 25.5 Å². The predicted octanol–water partition coefficient (Wildman–Crippen LogP) is 2.05. The molecule has 1 heterocycles. The Morgan fingerprint density at radius 3 is 2.30 bits per heavy atom. The molecule has 114 valence electrons. The number of sulfonamides is 1. The number of nitrogens with one attached hydrogen (secondary N) is 2. The van der Waals surface area contributed by atoms with Gasteiger partial charge in [0.05, 0.1) is 0 Å². The van der Waals surface area contributed by atoms with Gasteiger partial charge in [-0.2, -0.15) is 0 Å². The zero-order valence-electron chi connectivity index (χ0n) is 12.7. The van der Waals surface area contributed by atoms with E-state index < -0.39 is 15.6 Å². The molecule has 0 spiro atoms. The summed E-state index contributed by atoms with van der Waals surface area (Å²) < 4.78 is 27.3. The minimum atomic E-state index is -3.56. The number of pyridine rings is 1. The first-order valence-corrected chi connectivity index (χ1v) is 8.54. The third-order valence-corrected chi connectivity index (χ3v) is 5.15. The Morgan fingerprint density at radius 2 is 1.85 bits per heavy atom. The van der Waals surface area contributed by atoms with Crippen molar-refractivity contribution in [1.29, 1.82) is 0 Å². The quantitative estimate of drug-likeness (QED) is 0.770. The van der Waals surface area contributed by atoms with Crippen molar-refractivity contribution >= 4 is 10.0 Å². The Bertz CT molecular complexity index is 508. The van der Waals surface area contributed by atoms with Crippen molar-refractivity contribution in [2.75, 3.05) is 6.54 Å². The van der Waals surface area contributed by atoms with Crippen LogP contribution in [0, 0.1) is 0 Å². The second-order valence-electron chi connectivity index (χ2n) is 5.16. The van der Waals surface area contributed by atoms with Gasteiger partial charge in [-0.25, -0.2) is 18.1 Å². The van der Waals surface area contributed by atoms with Crippen molar-refractivity contribution in [1.82, 2.24) is 15.0 Å². The summed E-state index contributed by atoms with van der Waals surface area (Å²) in [5.41, 5.74) is 0.544. The average molecular weight is 299 g/mol. The van der Waals surface area contributed by atoms with Gasteiger partial charge in [0, 0.05) is 18.3 Å². The SMILES string of the molecule is CCNCc1ccc(S(=O)(=O)NC(C)(CC)CC)nc1. The summed E-state index contributed by atoms with van der Waals surface area (Å²) in [7, 11) is -3.56. The molecule has 0 atom stereocenters. The molecule has 0 saturated heterocycles. The molecule has 0 aliphatic rings. The Balaban J connectivity index is 2.88. The number of rotatable bonds is 8. The van der Waals surface area contributed by atoms with Crippen molar-refractivity contribution in [3.63, 3.8) is 0 Å². The molecular formula is C14H25N3O2S. The standard InChI is InChI=1S/C14H25N3O2S/c1-5-14(4,6-2)17-20(18,19)13-9-8-12(11-16-13)10-15-7-3/h8-9,11,15,17H,5-7,10H2,1-4H3. The molecule has 0 aliphatic carbocycles. The lowest BCUT2D eigenvalue weighted by molar-refractivity contribution is 0.388. The first kappa shape index (κ1) is 17.1. The maximum atomic E-state index is 12.3. The largest absolute Gasteiger partial charge is 0.313 e. The van der Waals surface area contributed by atoms with Crippen LogP contribution in [0.15, 0.2) is 23.4 Å². The van der Waals surface area contributed by atoms with Crippen LogP contribution in [0.5, 0.6) is 0 Å². The van der Waals surface area contributed by atoms with Gasteiger partial charge in [0.1, 0.15) is 0 Å². The van der Waals surface area contributed by atoms with E-state index in [2.05, 4.69) is 15.0 Å². The summed E-state index contributed by atoms with van der Waals surface area (Å²) in [5.74, 6) is 0. The molecule has 6 heteroatoms. The minimum absolute atomic E-state index is 0.0749. The molecule has 0 amide bonds. The zero-order chi connectivity index (χ0) is 15.2. The van der Waals surface area contributed by atoms with Gasteiger partial charge < -0.3 is 5.32 Å². The summed E-state index contributed by atoms with van der Waals surface area (Å²) in [6, 6.07) is 3.35. The van der Waals surface area contributed by atoms with Gasteiger partial charge in [0.15, 0.2) is 5.03 Å². The highest BCUT2D eigenvalue weighted by molar-refractivity contribution is 7.89. The van der Waals surface area contributed by atoms with Crippen molar-refractivity contribution < 1.29 is 8.42 Å². The Kier molecular flexibility index (Phi) is 6.10. The highest BCUT2D eigenvalue weighted by Crippen LogP contribution is 2.18. The van der Waals surface area contributed by atoms with E-state index in [1.165, 1.54) is 0 Å². The molecule has 0 unspecified atom stereocenters. The van der Waals surface area contributed by atoms with Gasteiger partial charge in [0.2, 0.25) is 0 Å². The lowest BCUT2D eigenvalue weighted by atomic mass is 9.98. The summed E-state index contributed by atoms with van der Waals surface area (Å²) in [5, 5.41) is 3.25. The van der Waals surface area contributed by atoms with E-state index in [0.717, 1.165) is 24.9 Å². The lowest BCUT2D eigenvalue weighted by Gasteiger charge is -2.27. The van der Waals surface area contributed by atoms with Gasteiger partial charge in [-0.1, -0.05) is 26.8 Å². The van der Waals surface area contributed by atoms with Crippen LogP contribution in [0.2, 0.25) is 0 Å². The van der Waals surface area contributed by atoms with Gasteiger partial charge in [-0.3, -0.25) is 0 Å². The van der Waals surface area contributed by atoms with Crippen LogP contribution in [0.25, 0.3) is 0 Å². The number of hydrogen-bond acceptors (Lipinski definition) is 4.